The molecular formula is C21H21F4NO4. The molecule has 0 aliphatic heterocycles. The van der Waals surface area contributed by atoms with E-state index in [-0.39, 0.29) is 0 Å². The second-order valence-corrected chi connectivity index (χ2v) is 7.37. The van der Waals surface area contributed by atoms with E-state index in [0.29, 0.717) is 24.3 Å². The number of alkyl halides is 3. The maximum Gasteiger partial charge on any atom is 0.416 e. The summed E-state index contributed by atoms with van der Waals surface area (Å²) in [6, 6.07) is 7.73. The van der Waals surface area contributed by atoms with Gasteiger partial charge in [-0.3, -0.25) is 4.79 Å². The first kappa shape index (κ1) is 23.2. The van der Waals surface area contributed by atoms with E-state index in [9.17, 15) is 27.2 Å². The molecule has 0 fully saturated rings. The Morgan fingerprint density at radius 3 is 2.23 bits per heavy atom. The number of aliphatic carboxylic acids is 1. The number of carboxylic acids is 1. The van der Waals surface area contributed by atoms with Gasteiger partial charge in [0, 0.05) is 11.6 Å². The number of ether oxygens (including phenoxy) is 1. The molecule has 0 aliphatic rings. The predicted molar refractivity (Wildman–Crippen MR) is 101 cm³/mol. The molecule has 0 bridgehead atoms. The van der Waals surface area contributed by atoms with Gasteiger partial charge in [0.25, 0.3) is 5.91 Å². The van der Waals surface area contributed by atoms with Gasteiger partial charge in [-0.2, -0.15) is 13.2 Å². The van der Waals surface area contributed by atoms with Crippen LogP contribution in [0.3, 0.4) is 0 Å². The molecule has 0 aromatic heterocycles. The molecule has 0 radical (unpaired) electrons. The lowest BCUT2D eigenvalue weighted by Gasteiger charge is -2.21. The van der Waals surface area contributed by atoms with Gasteiger partial charge in [-0.15, -0.1) is 0 Å². The van der Waals surface area contributed by atoms with E-state index < -0.39 is 46.6 Å². The van der Waals surface area contributed by atoms with Gasteiger partial charge in [0.05, 0.1) is 5.56 Å². The molecule has 0 saturated carbocycles. The third-order valence-corrected chi connectivity index (χ3v) is 4.22. The number of rotatable bonds is 7. The van der Waals surface area contributed by atoms with Gasteiger partial charge in [-0.25, -0.2) is 9.18 Å². The van der Waals surface area contributed by atoms with E-state index >= 15 is 0 Å². The highest BCUT2D eigenvalue weighted by molar-refractivity contribution is 5.94. The molecule has 30 heavy (non-hydrogen) atoms. The van der Waals surface area contributed by atoms with Gasteiger partial charge < -0.3 is 15.2 Å². The highest BCUT2D eigenvalue weighted by Gasteiger charge is 2.32. The summed E-state index contributed by atoms with van der Waals surface area (Å²) in [4.78, 5) is 23.3. The molecule has 9 heteroatoms. The molecule has 0 spiro atoms. The van der Waals surface area contributed by atoms with Crippen molar-refractivity contribution in [3.05, 3.63) is 65.0 Å². The SMILES string of the molecule is CC(Cc1ccc(OC(C)(C)C(=O)O)cc1)NC(=O)c1cc(F)cc(C(F)(F)F)c1. The van der Waals surface area contributed by atoms with Crippen molar-refractivity contribution in [1.82, 2.24) is 5.32 Å². The largest absolute Gasteiger partial charge is 0.478 e. The third kappa shape index (κ3) is 6.20. The Bertz CT molecular complexity index is 924. The molecule has 2 N–H and O–H groups in total. The lowest BCUT2D eigenvalue weighted by Crippen LogP contribution is -2.37. The molecule has 1 atom stereocenters. The van der Waals surface area contributed by atoms with E-state index in [2.05, 4.69) is 5.32 Å². The van der Waals surface area contributed by atoms with Crippen LogP contribution in [-0.4, -0.2) is 28.6 Å². The van der Waals surface area contributed by atoms with Crippen LogP contribution in [-0.2, 0) is 17.4 Å². The molecule has 2 aromatic carbocycles. The monoisotopic (exact) mass is 427 g/mol. The van der Waals surface area contributed by atoms with Crippen molar-refractivity contribution in [3.8, 4) is 5.75 Å². The summed E-state index contributed by atoms with van der Waals surface area (Å²) in [6.45, 7) is 4.48. The molecule has 0 aliphatic carbocycles. The maximum atomic E-state index is 13.5. The Balaban J connectivity index is 2.02. The number of hydrogen-bond donors (Lipinski definition) is 2. The number of carbonyl (C=O) groups is 2. The minimum atomic E-state index is -4.76. The lowest BCUT2D eigenvalue weighted by atomic mass is 10.1. The summed E-state index contributed by atoms with van der Waals surface area (Å²) in [5.41, 5.74) is -2.28. The average Bonchev–Trinajstić information content (AvgIpc) is 2.61. The number of carbonyl (C=O) groups excluding carboxylic acids is 1. The Morgan fingerprint density at radius 1 is 1.10 bits per heavy atom. The first-order valence-corrected chi connectivity index (χ1v) is 8.98. The van der Waals surface area contributed by atoms with E-state index in [0.717, 1.165) is 11.6 Å². The number of carboxylic acid groups (broad SMARTS) is 1. The van der Waals surface area contributed by atoms with Gasteiger partial charge in [-0.1, -0.05) is 12.1 Å². The summed E-state index contributed by atoms with van der Waals surface area (Å²) in [5.74, 6) is -2.74. The molecule has 1 amide bonds. The van der Waals surface area contributed by atoms with Gasteiger partial charge in [0.2, 0.25) is 0 Å². The lowest BCUT2D eigenvalue weighted by molar-refractivity contribution is -0.152. The van der Waals surface area contributed by atoms with E-state index in [1.807, 2.05) is 0 Å². The van der Waals surface area contributed by atoms with E-state index in [1.165, 1.54) is 13.8 Å². The van der Waals surface area contributed by atoms with Crippen LogP contribution in [0, 0.1) is 5.82 Å². The molecule has 0 saturated heterocycles. The Kier molecular flexibility index (Phi) is 6.74. The normalized spacial score (nSPS) is 12.9. The Morgan fingerprint density at radius 2 is 1.70 bits per heavy atom. The summed E-state index contributed by atoms with van der Waals surface area (Å²) >= 11 is 0. The fraction of sp³-hybridized carbons (Fsp3) is 0.333. The molecular weight excluding hydrogens is 406 g/mol. The quantitative estimate of drug-likeness (QED) is 0.641. The van der Waals surface area contributed by atoms with Crippen LogP contribution < -0.4 is 10.1 Å². The summed E-state index contributed by atoms with van der Waals surface area (Å²) in [6.07, 6.45) is -4.42. The molecule has 0 heterocycles. The van der Waals surface area contributed by atoms with Crippen LogP contribution >= 0.6 is 0 Å². The van der Waals surface area contributed by atoms with E-state index in [4.69, 9.17) is 9.84 Å². The summed E-state index contributed by atoms with van der Waals surface area (Å²) in [5, 5.41) is 11.6. The summed E-state index contributed by atoms with van der Waals surface area (Å²) < 4.78 is 57.3. The minimum Gasteiger partial charge on any atom is -0.478 e. The topological polar surface area (TPSA) is 75.6 Å². The van der Waals surface area contributed by atoms with Gasteiger partial charge in [0.1, 0.15) is 11.6 Å². The number of amides is 1. The standard InChI is InChI=1S/C21H21F4NO4/c1-12(8-13-4-6-17(7-5-13)30-20(2,3)19(28)29)26-18(27)14-9-15(21(23,24)25)11-16(22)10-14/h4-7,9-12H,8H2,1-3H3,(H,26,27)(H,28,29). The maximum absolute atomic E-state index is 13.5. The zero-order chi connectivity index (χ0) is 22.7. The van der Waals surface area contributed by atoms with Crippen molar-refractivity contribution in [2.45, 2.75) is 45.0 Å². The Hall–Kier alpha value is -3.10. The number of halogens is 4. The molecule has 5 nitrogen and oxygen atoms in total. The number of hydrogen-bond acceptors (Lipinski definition) is 3. The van der Waals surface area contributed by atoms with Crippen LogP contribution in [0.15, 0.2) is 42.5 Å². The molecule has 2 rings (SSSR count). The fourth-order valence-corrected chi connectivity index (χ4v) is 2.63. The van der Waals surface area contributed by atoms with Crippen LogP contribution in [0.5, 0.6) is 5.75 Å². The number of nitrogens with one attached hydrogen (secondary N) is 1. The minimum absolute atomic E-state index is 0.329. The van der Waals surface area contributed by atoms with Crippen molar-refractivity contribution < 1.29 is 37.0 Å². The summed E-state index contributed by atoms with van der Waals surface area (Å²) in [7, 11) is 0. The fourth-order valence-electron chi connectivity index (χ4n) is 2.63. The van der Waals surface area contributed by atoms with Crippen molar-refractivity contribution in [2.24, 2.45) is 0 Å². The highest BCUT2D eigenvalue weighted by atomic mass is 19.4. The van der Waals surface area contributed by atoms with Gasteiger partial charge in [0.15, 0.2) is 5.60 Å². The van der Waals surface area contributed by atoms with E-state index in [1.54, 1.807) is 31.2 Å². The highest BCUT2D eigenvalue weighted by Crippen LogP contribution is 2.30. The second-order valence-electron chi connectivity index (χ2n) is 7.37. The predicted octanol–water partition coefficient (Wildman–Crippen LogP) is 4.45. The van der Waals surface area contributed by atoms with Crippen molar-refractivity contribution in [2.75, 3.05) is 0 Å². The van der Waals surface area contributed by atoms with Crippen molar-refractivity contribution >= 4 is 11.9 Å². The van der Waals surface area contributed by atoms with Crippen molar-refractivity contribution in [3.63, 3.8) is 0 Å². The van der Waals surface area contributed by atoms with Gasteiger partial charge in [-0.05, 0) is 63.1 Å². The zero-order valence-electron chi connectivity index (χ0n) is 16.5. The first-order chi connectivity index (χ1) is 13.8. The van der Waals surface area contributed by atoms with Gasteiger partial charge >= 0.3 is 12.1 Å². The van der Waals surface area contributed by atoms with Crippen molar-refractivity contribution in [1.29, 1.82) is 0 Å². The van der Waals surface area contributed by atoms with Crippen LogP contribution in [0.2, 0.25) is 0 Å². The van der Waals surface area contributed by atoms with Crippen LogP contribution in [0.1, 0.15) is 42.3 Å². The zero-order valence-corrected chi connectivity index (χ0v) is 16.5. The Labute approximate surface area is 170 Å². The first-order valence-electron chi connectivity index (χ1n) is 8.98. The molecule has 162 valence electrons. The average molecular weight is 427 g/mol. The molecule has 2 aromatic rings. The molecule has 1 unspecified atom stereocenters. The number of benzene rings is 2. The second kappa shape index (κ2) is 8.73. The third-order valence-electron chi connectivity index (χ3n) is 4.22. The van der Waals surface area contributed by atoms with Crippen LogP contribution in [0.4, 0.5) is 17.6 Å². The van der Waals surface area contributed by atoms with Crippen LogP contribution in [0.25, 0.3) is 0 Å². The smallest absolute Gasteiger partial charge is 0.416 e.